The van der Waals surface area contributed by atoms with Gasteiger partial charge in [-0.2, -0.15) is 0 Å². The van der Waals surface area contributed by atoms with E-state index in [4.69, 9.17) is 0 Å². The maximum Gasteiger partial charge on any atom is 0.0305 e. The molecular formula is C18H16. The summed E-state index contributed by atoms with van der Waals surface area (Å²) >= 11 is 0. The Bertz CT molecular complexity index is 570. The molecule has 0 heterocycles. The van der Waals surface area contributed by atoms with Gasteiger partial charge in [-0.3, -0.25) is 0 Å². The van der Waals surface area contributed by atoms with Crippen LogP contribution in [0.25, 0.3) is 0 Å². The summed E-state index contributed by atoms with van der Waals surface area (Å²) in [5.41, 5.74) is 9.18. The lowest BCUT2D eigenvalue weighted by atomic mass is 9.62. The van der Waals surface area contributed by atoms with E-state index in [0.717, 1.165) is 0 Å². The summed E-state index contributed by atoms with van der Waals surface area (Å²) < 4.78 is 0. The Kier molecular flexibility index (Phi) is 1.89. The van der Waals surface area contributed by atoms with Crippen LogP contribution in [0.3, 0.4) is 0 Å². The second kappa shape index (κ2) is 3.35. The third-order valence-corrected chi connectivity index (χ3v) is 4.72. The fourth-order valence-corrected chi connectivity index (χ4v) is 3.80. The van der Waals surface area contributed by atoms with Crippen molar-refractivity contribution in [1.29, 1.82) is 0 Å². The van der Waals surface area contributed by atoms with Gasteiger partial charge in [0.25, 0.3) is 0 Å². The molecule has 0 spiro atoms. The van der Waals surface area contributed by atoms with Gasteiger partial charge in [0, 0.05) is 11.8 Å². The van der Waals surface area contributed by atoms with Gasteiger partial charge >= 0.3 is 0 Å². The minimum Gasteiger partial charge on any atom is -0.0619 e. The minimum absolute atomic E-state index is 0.488. The van der Waals surface area contributed by atoms with Crippen LogP contribution in [0.1, 0.15) is 47.9 Å². The lowest BCUT2D eigenvalue weighted by Gasteiger charge is -2.42. The van der Waals surface area contributed by atoms with Gasteiger partial charge in [-0.25, -0.2) is 0 Å². The second-order valence-corrected chi connectivity index (χ2v) is 5.49. The van der Waals surface area contributed by atoms with Gasteiger partial charge in [0.15, 0.2) is 0 Å². The smallest absolute Gasteiger partial charge is 0.0305 e. The molecule has 0 aliphatic heterocycles. The van der Waals surface area contributed by atoms with Crippen LogP contribution >= 0.6 is 0 Å². The van der Waals surface area contributed by atoms with E-state index >= 15 is 0 Å². The van der Waals surface area contributed by atoms with Crippen molar-refractivity contribution >= 4 is 0 Å². The summed E-state index contributed by atoms with van der Waals surface area (Å²) in [4.78, 5) is 0. The first-order valence-corrected chi connectivity index (χ1v) is 6.64. The molecule has 2 aromatic carbocycles. The zero-order valence-corrected chi connectivity index (χ0v) is 10.8. The standard InChI is InChI=1S/C18H16/c1-11-12(2)18-15-9-5-3-7-13(15)17(11)14-8-4-6-10-16(14)18/h3-10,17-18H,1-2H3. The Balaban J connectivity index is 2.10. The van der Waals surface area contributed by atoms with Crippen LogP contribution in [-0.2, 0) is 0 Å². The fraction of sp³-hybridized carbons (Fsp3) is 0.222. The lowest BCUT2D eigenvalue weighted by Crippen LogP contribution is -2.26. The van der Waals surface area contributed by atoms with Gasteiger partial charge in [0.05, 0.1) is 0 Å². The predicted octanol–water partition coefficient (Wildman–Crippen LogP) is 4.61. The number of hydrogen-bond acceptors (Lipinski definition) is 0. The molecule has 3 aliphatic carbocycles. The van der Waals surface area contributed by atoms with Crippen molar-refractivity contribution in [1.82, 2.24) is 0 Å². The first-order chi connectivity index (χ1) is 8.79. The summed E-state index contributed by atoms with van der Waals surface area (Å²) in [5, 5.41) is 0. The largest absolute Gasteiger partial charge is 0.0619 e. The van der Waals surface area contributed by atoms with E-state index in [-0.39, 0.29) is 0 Å². The minimum atomic E-state index is 0.488. The molecule has 0 atom stereocenters. The van der Waals surface area contributed by atoms with Crippen LogP contribution in [0.2, 0.25) is 0 Å². The molecule has 0 N–H and O–H groups in total. The lowest BCUT2D eigenvalue weighted by molar-refractivity contribution is 0.727. The van der Waals surface area contributed by atoms with E-state index in [1.807, 2.05) is 0 Å². The third-order valence-electron chi connectivity index (χ3n) is 4.72. The van der Waals surface area contributed by atoms with Gasteiger partial charge < -0.3 is 0 Å². The molecule has 0 amide bonds. The molecule has 18 heavy (non-hydrogen) atoms. The predicted molar refractivity (Wildman–Crippen MR) is 74.9 cm³/mol. The average Bonchev–Trinajstić information content (AvgIpc) is 2.42. The van der Waals surface area contributed by atoms with Crippen LogP contribution in [-0.4, -0.2) is 0 Å². The van der Waals surface area contributed by atoms with Crippen molar-refractivity contribution in [3.05, 3.63) is 81.9 Å². The Morgan fingerprint density at radius 2 is 0.833 bits per heavy atom. The zero-order chi connectivity index (χ0) is 12.3. The van der Waals surface area contributed by atoms with Crippen molar-refractivity contribution in [3.63, 3.8) is 0 Å². The number of allylic oxidation sites excluding steroid dienone is 2. The molecule has 0 saturated heterocycles. The molecule has 2 bridgehead atoms. The highest BCUT2D eigenvalue weighted by molar-refractivity contribution is 5.64. The van der Waals surface area contributed by atoms with Crippen molar-refractivity contribution in [3.8, 4) is 0 Å². The summed E-state index contributed by atoms with van der Waals surface area (Å²) in [6, 6.07) is 17.9. The van der Waals surface area contributed by atoms with E-state index in [2.05, 4.69) is 62.4 Å². The molecule has 88 valence electrons. The van der Waals surface area contributed by atoms with Crippen molar-refractivity contribution in [2.45, 2.75) is 25.7 Å². The van der Waals surface area contributed by atoms with Gasteiger partial charge in [0.2, 0.25) is 0 Å². The summed E-state index contributed by atoms with van der Waals surface area (Å²) in [7, 11) is 0. The molecule has 5 rings (SSSR count). The molecular weight excluding hydrogens is 216 g/mol. The first-order valence-electron chi connectivity index (χ1n) is 6.64. The molecule has 0 unspecified atom stereocenters. The highest BCUT2D eigenvalue weighted by Gasteiger charge is 2.39. The van der Waals surface area contributed by atoms with Crippen LogP contribution in [0.4, 0.5) is 0 Å². The van der Waals surface area contributed by atoms with Gasteiger partial charge in [0.1, 0.15) is 0 Å². The summed E-state index contributed by atoms with van der Waals surface area (Å²) in [6.45, 7) is 4.61. The Labute approximate surface area is 108 Å². The summed E-state index contributed by atoms with van der Waals surface area (Å²) in [5.74, 6) is 0.977. The van der Waals surface area contributed by atoms with Gasteiger partial charge in [-0.15, -0.1) is 0 Å². The molecule has 0 aromatic heterocycles. The highest BCUT2D eigenvalue weighted by atomic mass is 14.4. The van der Waals surface area contributed by atoms with Crippen molar-refractivity contribution in [2.75, 3.05) is 0 Å². The third kappa shape index (κ3) is 1.06. The number of benzene rings is 2. The van der Waals surface area contributed by atoms with Crippen LogP contribution < -0.4 is 0 Å². The molecule has 3 aliphatic rings. The number of hydrogen-bond donors (Lipinski definition) is 0. The SMILES string of the molecule is CC1=C(C)C2c3ccccc3C1c1ccccc12. The van der Waals surface area contributed by atoms with Crippen molar-refractivity contribution in [2.24, 2.45) is 0 Å². The molecule has 0 fully saturated rings. The quantitative estimate of drug-likeness (QED) is 0.582. The monoisotopic (exact) mass is 232 g/mol. The van der Waals surface area contributed by atoms with E-state index < -0.39 is 0 Å². The number of rotatable bonds is 0. The second-order valence-electron chi connectivity index (χ2n) is 5.49. The Morgan fingerprint density at radius 1 is 0.556 bits per heavy atom. The van der Waals surface area contributed by atoms with E-state index in [1.165, 1.54) is 22.3 Å². The Hall–Kier alpha value is -1.82. The van der Waals surface area contributed by atoms with Crippen LogP contribution in [0, 0.1) is 0 Å². The van der Waals surface area contributed by atoms with Crippen LogP contribution in [0.5, 0.6) is 0 Å². The molecule has 0 radical (unpaired) electrons. The summed E-state index contributed by atoms with van der Waals surface area (Å²) in [6.07, 6.45) is 0. The van der Waals surface area contributed by atoms with E-state index in [1.54, 1.807) is 11.1 Å². The van der Waals surface area contributed by atoms with Gasteiger partial charge in [-0.05, 0) is 36.1 Å². The fourth-order valence-electron chi connectivity index (χ4n) is 3.80. The van der Waals surface area contributed by atoms with E-state index in [0.29, 0.717) is 11.8 Å². The molecule has 0 heteroatoms. The topological polar surface area (TPSA) is 0 Å². The molecule has 0 nitrogen and oxygen atoms in total. The average molecular weight is 232 g/mol. The van der Waals surface area contributed by atoms with Crippen LogP contribution in [0.15, 0.2) is 59.7 Å². The van der Waals surface area contributed by atoms with Crippen molar-refractivity contribution < 1.29 is 0 Å². The normalized spacial score (nSPS) is 23.9. The Morgan fingerprint density at radius 3 is 1.11 bits per heavy atom. The maximum atomic E-state index is 2.30. The molecule has 0 saturated carbocycles. The zero-order valence-electron chi connectivity index (χ0n) is 10.8. The van der Waals surface area contributed by atoms with Gasteiger partial charge in [-0.1, -0.05) is 59.7 Å². The highest BCUT2D eigenvalue weighted by Crippen LogP contribution is 2.54. The first kappa shape index (κ1) is 10.1. The maximum absolute atomic E-state index is 2.30. The van der Waals surface area contributed by atoms with E-state index in [9.17, 15) is 0 Å². The molecule has 2 aromatic rings.